The van der Waals surface area contributed by atoms with Gasteiger partial charge in [-0.2, -0.15) is 0 Å². The second-order valence-electron chi connectivity index (χ2n) is 3.94. The smallest absolute Gasteiger partial charge is 0.321 e. The van der Waals surface area contributed by atoms with Gasteiger partial charge in [-0.15, -0.1) is 0 Å². The van der Waals surface area contributed by atoms with E-state index in [0.29, 0.717) is 37.7 Å². The number of carbonyl (C=O) groups excluding carboxylic acids is 1. The number of para-hydroxylation sites is 2. The fraction of sp³-hybridized carbons (Fsp3) is 0.500. The molecule has 19 heavy (non-hydrogen) atoms. The van der Waals surface area contributed by atoms with Crippen LogP contribution in [-0.4, -0.2) is 44.3 Å². The molecular weight excluding hydrogens is 244 g/mol. The van der Waals surface area contributed by atoms with E-state index in [1.165, 1.54) is 0 Å². The maximum absolute atomic E-state index is 12.0. The van der Waals surface area contributed by atoms with Gasteiger partial charge in [0.1, 0.15) is 12.4 Å². The highest BCUT2D eigenvalue weighted by Gasteiger charge is 2.11. The van der Waals surface area contributed by atoms with Crippen molar-refractivity contribution in [3.05, 3.63) is 24.3 Å². The number of rotatable bonds is 7. The molecule has 0 aliphatic rings. The Morgan fingerprint density at radius 1 is 1.21 bits per heavy atom. The lowest BCUT2D eigenvalue weighted by Crippen LogP contribution is -2.34. The third kappa shape index (κ3) is 4.79. The number of urea groups is 1. The van der Waals surface area contributed by atoms with Gasteiger partial charge in [0.25, 0.3) is 0 Å². The van der Waals surface area contributed by atoms with E-state index < -0.39 is 0 Å². The predicted molar refractivity (Wildman–Crippen MR) is 75.8 cm³/mol. The van der Waals surface area contributed by atoms with Crippen molar-refractivity contribution in [3.63, 3.8) is 0 Å². The van der Waals surface area contributed by atoms with Crippen molar-refractivity contribution < 1.29 is 14.3 Å². The Labute approximate surface area is 114 Å². The van der Waals surface area contributed by atoms with E-state index in [1.54, 1.807) is 12.0 Å². The van der Waals surface area contributed by atoms with Crippen LogP contribution in [0.4, 0.5) is 10.5 Å². The molecule has 5 nitrogen and oxygen atoms in total. The van der Waals surface area contributed by atoms with E-state index in [1.807, 2.05) is 38.1 Å². The van der Waals surface area contributed by atoms with Crippen molar-refractivity contribution in [1.82, 2.24) is 4.90 Å². The largest absolute Gasteiger partial charge is 0.489 e. The number of benzene rings is 1. The highest BCUT2D eigenvalue weighted by Crippen LogP contribution is 2.23. The molecule has 0 unspecified atom stereocenters. The number of nitrogens with zero attached hydrogens (tertiary/aromatic N) is 1. The normalized spacial score (nSPS) is 10.1. The number of anilines is 1. The maximum Gasteiger partial charge on any atom is 0.321 e. The van der Waals surface area contributed by atoms with E-state index in [4.69, 9.17) is 9.47 Å². The lowest BCUT2D eigenvalue weighted by atomic mass is 10.3. The molecule has 0 saturated heterocycles. The van der Waals surface area contributed by atoms with Gasteiger partial charge in [0.2, 0.25) is 0 Å². The van der Waals surface area contributed by atoms with Crippen LogP contribution >= 0.6 is 0 Å². The number of hydrogen-bond acceptors (Lipinski definition) is 3. The molecule has 0 fully saturated rings. The summed E-state index contributed by atoms with van der Waals surface area (Å²) in [5.41, 5.74) is 0.676. The number of methoxy groups -OCH3 is 1. The molecular formula is C14H22N2O3. The summed E-state index contributed by atoms with van der Waals surface area (Å²) in [6.07, 6.45) is 0. The first kappa shape index (κ1) is 15.3. The van der Waals surface area contributed by atoms with Gasteiger partial charge >= 0.3 is 6.03 Å². The molecule has 2 amide bonds. The van der Waals surface area contributed by atoms with Crippen LogP contribution < -0.4 is 10.1 Å². The minimum absolute atomic E-state index is 0.118. The molecule has 0 aromatic heterocycles. The molecule has 0 bridgehead atoms. The van der Waals surface area contributed by atoms with Crippen LogP contribution in [0, 0.1) is 0 Å². The second-order valence-corrected chi connectivity index (χ2v) is 3.94. The van der Waals surface area contributed by atoms with Gasteiger partial charge in [0.05, 0.1) is 12.3 Å². The maximum atomic E-state index is 12.0. The molecule has 1 aromatic carbocycles. The molecule has 5 heteroatoms. The predicted octanol–water partition coefficient (Wildman–Crippen LogP) is 2.59. The average Bonchev–Trinajstić information content (AvgIpc) is 2.42. The van der Waals surface area contributed by atoms with Crippen molar-refractivity contribution in [1.29, 1.82) is 0 Å². The van der Waals surface area contributed by atoms with Gasteiger partial charge in [-0.25, -0.2) is 4.79 Å². The first-order valence-corrected chi connectivity index (χ1v) is 6.49. The molecule has 0 aliphatic carbocycles. The number of nitrogens with one attached hydrogen (secondary N) is 1. The second kappa shape index (κ2) is 8.37. The van der Waals surface area contributed by atoms with Gasteiger partial charge in [0.15, 0.2) is 0 Å². The average molecular weight is 266 g/mol. The molecule has 1 N–H and O–H groups in total. The number of amides is 2. The summed E-state index contributed by atoms with van der Waals surface area (Å²) in [6.45, 7) is 6.21. The molecule has 1 rings (SSSR count). The van der Waals surface area contributed by atoms with Crippen LogP contribution in [-0.2, 0) is 4.74 Å². The molecule has 0 heterocycles. The summed E-state index contributed by atoms with van der Waals surface area (Å²) < 4.78 is 10.5. The van der Waals surface area contributed by atoms with Crippen molar-refractivity contribution in [2.24, 2.45) is 0 Å². The Kier molecular flexibility index (Phi) is 6.74. The summed E-state index contributed by atoms with van der Waals surface area (Å²) in [7, 11) is 1.62. The molecule has 0 spiro atoms. The van der Waals surface area contributed by atoms with E-state index in [0.717, 1.165) is 0 Å². The highest BCUT2D eigenvalue weighted by atomic mass is 16.5. The van der Waals surface area contributed by atoms with Gasteiger partial charge in [-0.05, 0) is 26.0 Å². The molecule has 0 atom stereocenters. The van der Waals surface area contributed by atoms with E-state index >= 15 is 0 Å². The van der Waals surface area contributed by atoms with Crippen molar-refractivity contribution in [2.75, 3.05) is 38.7 Å². The quantitative estimate of drug-likeness (QED) is 0.772. The molecule has 106 valence electrons. The van der Waals surface area contributed by atoms with E-state index in [9.17, 15) is 4.79 Å². The third-order valence-electron chi connectivity index (χ3n) is 2.72. The zero-order chi connectivity index (χ0) is 14.1. The van der Waals surface area contributed by atoms with Gasteiger partial charge in [-0.3, -0.25) is 0 Å². The standard InChI is InChI=1S/C14H22N2O3/c1-4-16(5-2)14(17)15-12-8-6-7-9-13(12)19-11-10-18-3/h6-9H,4-5,10-11H2,1-3H3,(H,15,17). The van der Waals surface area contributed by atoms with Crippen molar-refractivity contribution in [3.8, 4) is 5.75 Å². The van der Waals surface area contributed by atoms with Crippen LogP contribution in [0.2, 0.25) is 0 Å². The van der Waals surface area contributed by atoms with E-state index in [2.05, 4.69) is 5.32 Å². The zero-order valence-corrected chi connectivity index (χ0v) is 11.8. The Hall–Kier alpha value is -1.75. The number of carbonyl (C=O) groups is 1. The summed E-state index contributed by atoms with van der Waals surface area (Å²) in [6, 6.07) is 7.26. The highest BCUT2D eigenvalue weighted by molar-refractivity contribution is 5.90. The van der Waals surface area contributed by atoms with Crippen LogP contribution in [0.1, 0.15) is 13.8 Å². The minimum Gasteiger partial charge on any atom is -0.489 e. The molecule has 0 radical (unpaired) electrons. The van der Waals surface area contributed by atoms with Crippen LogP contribution in [0.5, 0.6) is 5.75 Å². The first-order chi connectivity index (χ1) is 9.22. The topological polar surface area (TPSA) is 50.8 Å². The summed E-state index contributed by atoms with van der Waals surface area (Å²) in [4.78, 5) is 13.7. The molecule has 0 aliphatic heterocycles. The van der Waals surface area contributed by atoms with Gasteiger partial charge < -0.3 is 19.7 Å². The fourth-order valence-corrected chi connectivity index (χ4v) is 1.64. The summed E-state index contributed by atoms with van der Waals surface area (Å²) in [5, 5.41) is 2.86. The monoisotopic (exact) mass is 266 g/mol. The molecule has 1 aromatic rings. The van der Waals surface area contributed by atoms with Crippen LogP contribution in [0.3, 0.4) is 0 Å². The third-order valence-corrected chi connectivity index (χ3v) is 2.72. The van der Waals surface area contributed by atoms with Gasteiger partial charge in [0, 0.05) is 20.2 Å². The zero-order valence-electron chi connectivity index (χ0n) is 11.8. The Balaban J connectivity index is 2.69. The molecule has 0 saturated carbocycles. The van der Waals surface area contributed by atoms with Crippen LogP contribution in [0.25, 0.3) is 0 Å². The number of ether oxygens (including phenoxy) is 2. The number of hydrogen-bond donors (Lipinski definition) is 1. The Morgan fingerprint density at radius 3 is 2.53 bits per heavy atom. The van der Waals surface area contributed by atoms with Gasteiger partial charge in [-0.1, -0.05) is 12.1 Å². The lowest BCUT2D eigenvalue weighted by molar-refractivity contribution is 0.146. The Bertz CT molecular complexity index is 392. The SMILES string of the molecule is CCN(CC)C(=O)Nc1ccccc1OCCOC. The minimum atomic E-state index is -0.118. The van der Waals surface area contributed by atoms with E-state index in [-0.39, 0.29) is 6.03 Å². The summed E-state index contributed by atoms with van der Waals surface area (Å²) in [5.74, 6) is 0.653. The van der Waals surface area contributed by atoms with Crippen molar-refractivity contribution in [2.45, 2.75) is 13.8 Å². The Morgan fingerprint density at radius 2 is 1.89 bits per heavy atom. The lowest BCUT2D eigenvalue weighted by Gasteiger charge is -2.20. The summed E-state index contributed by atoms with van der Waals surface area (Å²) >= 11 is 0. The van der Waals surface area contributed by atoms with Crippen LogP contribution in [0.15, 0.2) is 24.3 Å². The fourth-order valence-electron chi connectivity index (χ4n) is 1.64. The van der Waals surface area contributed by atoms with Crippen molar-refractivity contribution >= 4 is 11.7 Å². The first-order valence-electron chi connectivity index (χ1n) is 6.49.